The second-order valence-electron chi connectivity index (χ2n) is 3.41. The number of carbonyl (C=O) groups is 2. The molecule has 1 aromatic rings. The average Bonchev–Trinajstić information content (AvgIpc) is 2.33. The van der Waals surface area contributed by atoms with Gasteiger partial charge in [-0.15, -0.1) is 0 Å². The molecule has 5 heteroatoms. The van der Waals surface area contributed by atoms with Crippen LogP contribution in [0.25, 0.3) is 0 Å². The van der Waals surface area contributed by atoms with Crippen LogP contribution >= 0.6 is 11.6 Å². The van der Waals surface area contributed by atoms with Crippen molar-refractivity contribution in [1.29, 1.82) is 0 Å². The molecule has 1 aliphatic rings. The van der Waals surface area contributed by atoms with Crippen LogP contribution in [0.3, 0.4) is 0 Å². The van der Waals surface area contributed by atoms with E-state index in [9.17, 15) is 9.59 Å². The van der Waals surface area contributed by atoms with Crippen molar-refractivity contribution in [1.82, 2.24) is 0 Å². The number of rotatable bonds is 2. The van der Waals surface area contributed by atoms with E-state index in [4.69, 9.17) is 21.1 Å². The summed E-state index contributed by atoms with van der Waals surface area (Å²) in [5.74, 6) is -0.381. The first-order valence-corrected chi connectivity index (χ1v) is 5.19. The van der Waals surface area contributed by atoms with Crippen LogP contribution in [-0.4, -0.2) is 25.8 Å². The molecule has 0 saturated carbocycles. The summed E-state index contributed by atoms with van der Waals surface area (Å²) in [4.78, 5) is 23.7. The van der Waals surface area contributed by atoms with E-state index in [0.717, 1.165) is 6.08 Å². The van der Waals surface area contributed by atoms with Gasteiger partial charge in [-0.05, 0) is 12.1 Å². The van der Waals surface area contributed by atoms with Crippen molar-refractivity contribution < 1.29 is 19.1 Å². The van der Waals surface area contributed by atoms with Crippen LogP contribution in [-0.2, 0) is 4.74 Å². The zero-order valence-corrected chi connectivity index (χ0v) is 10.00. The number of methoxy groups -OCH3 is 2. The van der Waals surface area contributed by atoms with Gasteiger partial charge in [0.1, 0.15) is 5.75 Å². The Bertz CT molecular complexity index is 546. The van der Waals surface area contributed by atoms with Crippen LogP contribution in [0, 0.1) is 0 Å². The Morgan fingerprint density at radius 3 is 2.41 bits per heavy atom. The molecule has 4 nitrogen and oxygen atoms in total. The summed E-state index contributed by atoms with van der Waals surface area (Å²) in [6.45, 7) is 0. The summed E-state index contributed by atoms with van der Waals surface area (Å²) in [6.07, 6.45) is 1.16. The molecule has 0 aliphatic heterocycles. The van der Waals surface area contributed by atoms with E-state index in [1.54, 1.807) is 6.07 Å². The maximum atomic E-state index is 12.0. The lowest BCUT2D eigenvalue weighted by atomic mass is 9.93. The number of allylic oxidation sites excluding steroid dienone is 2. The van der Waals surface area contributed by atoms with Crippen LogP contribution in [0.5, 0.6) is 5.75 Å². The number of fused-ring (bicyclic) bond motifs is 1. The van der Waals surface area contributed by atoms with E-state index in [1.165, 1.54) is 20.3 Å². The van der Waals surface area contributed by atoms with E-state index in [2.05, 4.69) is 0 Å². The largest absolute Gasteiger partial charge is 0.495 e. The molecule has 0 spiro atoms. The summed E-state index contributed by atoms with van der Waals surface area (Å²) in [6, 6.07) is 3.07. The van der Waals surface area contributed by atoms with Crippen molar-refractivity contribution in [2.45, 2.75) is 0 Å². The molecular weight excluding hydrogens is 244 g/mol. The molecule has 1 aromatic carbocycles. The molecule has 1 aliphatic carbocycles. The van der Waals surface area contributed by atoms with Crippen LogP contribution in [0.4, 0.5) is 0 Å². The molecule has 0 N–H and O–H groups in total. The molecule has 0 bridgehead atoms. The molecule has 0 fully saturated rings. The molecule has 0 radical (unpaired) electrons. The Kier molecular flexibility index (Phi) is 2.90. The number of halogens is 1. The minimum Gasteiger partial charge on any atom is -0.495 e. The Balaban J connectivity index is 2.69. The highest BCUT2D eigenvalue weighted by atomic mass is 35.5. The topological polar surface area (TPSA) is 52.6 Å². The van der Waals surface area contributed by atoms with Gasteiger partial charge < -0.3 is 9.47 Å². The third kappa shape index (κ3) is 1.70. The normalized spacial score (nSPS) is 14.2. The fourth-order valence-electron chi connectivity index (χ4n) is 1.68. The predicted octanol–water partition coefficient (Wildman–Crippen LogP) is 2.26. The molecule has 0 saturated heterocycles. The van der Waals surface area contributed by atoms with E-state index in [0.29, 0.717) is 5.75 Å². The molecule has 0 aromatic heterocycles. The highest BCUT2D eigenvalue weighted by Crippen LogP contribution is 2.34. The number of carbonyl (C=O) groups excluding carboxylic acids is 2. The quantitative estimate of drug-likeness (QED) is 0.810. The lowest BCUT2D eigenvalue weighted by Gasteiger charge is -2.16. The fraction of sp³-hybridized carbons (Fsp3) is 0.167. The third-order valence-electron chi connectivity index (χ3n) is 2.52. The smallest absolute Gasteiger partial charge is 0.230 e. The van der Waals surface area contributed by atoms with Gasteiger partial charge in [-0.25, -0.2) is 0 Å². The van der Waals surface area contributed by atoms with Gasteiger partial charge in [0.05, 0.1) is 24.8 Å². The molecule has 88 valence electrons. The second kappa shape index (κ2) is 4.22. The maximum Gasteiger partial charge on any atom is 0.230 e. The second-order valence-corrected chi connectivity index (χ2v) is 3.79. The summed E-state index contributed by atoms with van der Waals surface area (Å²) in [5, 5.41) is 0.131. The van der Waals surface area contributed by atoms with Gasteiger partial charge in [0, 0.05) is 11.6 Å². The fourth-order valence-corrected chi connectivity index (χ4v) is 2.01. The van der Waals surface area contributed by atoms with Crippen molar-refractivity contribution in [2.75, 3.05) is 14.2 Å². The van der Waals surface area contributed by atoms with Crippen molar-refractivity contribution in [3.8, 4) is 5.75 Å². The number of Topliss-reactive ketones (excluding diaryl/α,β-unsaturated/α-hetero) is 1. The highest BCUT2D eigenvalue weighted by molar-refractivity contribution is 6.39. The highest BCUT2D eigenvalue weighted by Gasteiger charge is 2.30. The van der Waals surface area contributed by atoms with Gasteiger partial charge >= 0.3 is 0 Å². The molecule has 2 rings (SSSR count). The Morgan fingerprint density at radius 1 is 1.12 bits per heavy atom. The zero-order valence-electron chi connectivity index (χ0n) is 9.24. The Labute approximate surface area is 103 Å². The molecule has 0 unspecified atom stereocenters. The van der Waals surface area contributed by atoms with Gasteiger partial charge in [-0.2, -0.15) is 0 Å². The van der Waals surface area contributed by atoms with Crippen LogP contribution in [0.15, 0.2) is 24.0 Å². The van der Waals surface area contributed by atoms with Gasteiger partial charge in [-0.3, -0.25) is 9.59 Å². The number of hydrogen-bond donors (Lipinski definition) is 0. The first-order valence-electron chi connectivity index (χ1n) is 4.81. The minimum atomic E-state index is -0.411. The lowest BCUT2D eigenvalue weighted by molar-refractivity contribution is 0.0916. The van der Waals surface area contributed by atoms with Crippen LogP contribution in [0.1, 0.15) is 20.7 Å². The van der Waals surface area contributed by atoms with Crippen molar-refractivity contribution in [3.05, 3.63) is 40.1 Å². The number of ketones is 2. The van der Waals surface area contributed by atoms with E-state index < -0.39 is 5.78 Å². The first kappa shape index (κ1) is 11.7. The average molecular weight is 253 g/mol. The van der Waals surface area contributed by atoms with Crippen molar-refractivity contribution in [3.63, 3.8) is 0 Å². The van der Waals surface area contributed by atoms with Gasteiger partial charge in [-0.1, -0.05) is 11.6 Å². The Hall–Kier alpha value is -1.81. The molecule has 0 amide bonds. The zero-order chi connectivity index (χ0) is 12.6. The van der Waals surface area contributed by atoms with E-state index in [-0.39, 0.29) is 27.7 Å². The number of benzene rings is 1. The van der Waals surface area contributed by atoms with Crippen molar-refractivity contribution in [2.24, 2.45) is 0 Å². The maximum absolute atomic E-state index is 12.0. The minimum absolute atomic E-state index is 0.0161. The van der Waals surface area contributed by atoms with Gasteiger partial charge in [0.15, 0.2) is 11.5 Å². The van der Waals surface area contributed by atoms with Crippen LogP contribution in [0.2, 0.25) is 5.02 Å². The standard InChI is InChI=1S/C12H9ClO4/c1-16-8-4-3-6-7(14)5-9(17-2)12(15)10(6)11(8)13/h3-5H,1-2H3. The molecular formula is C12H9ClO4. The van der Waals surface area contributed by atoms with Crippen molar-refractivity contribution >= 4 is 23.2 Å². The predicted molar refractivity (Wildman–Crippen MR) is 61.8 cm³/mol. The first-order chi connectivity index (χ1) is 8.10. The van der Waals surface area contributed by atoms with Gasteiger partial charge in [0.25, 0.3) is 0 Å². The summed E-state index contributed by atoms with van der Waals surface area (Å²) in [7, 11) is 2.77. The summed E-state index contributed by atoms with van der Waals surface area (Å²) < 4.78 is 9.86. The molecule has 17 heavy (non-hydrogen) atoms. The Morgan fingerprint density at radius 2 is 1.82 bits per heavy atom. The van der Waals surface area contributed by atoms with E-state index >= 15 is 0 Å². The molecule has 0 heterocycles. The number of hydrogen-bond acceptors (Lipinski definition) is 4. The van der Waals surface area contributed by atoms with E-state index in [1.807, 2.05) is 0 Å². The molecule has 0 atom stereocenters. The summed E-state index contributed by atoms with van der Waals surface area (Å²) in [5.41, 5.74) is 0.400. The third-order valence-corrected chi connectivity index (χ3v) is 2.90. The monoisotopic (exact) mass is 252 g/mol. The SMILES string of the molecule is COC1=CC(=O)c2ccc(OC)c(Cl)c2C1=O. The van der Waals surface area contributed by atoms with Gasteiger partial charge in [0.2, 0.25) is 5.78 Å². The lowest BCUT2D eigenvalue weighted by Crippen LogP contribution is -2.18. The summed E-state index contributed by atoms with van der Waals surface area (Å²) >= 11 is 6.03. The van der Waals surface area contributed by atoms with Crippen LogP contribution < -0.4 is 4.74 Å². The number of ether oxygens (including phenoxy) is 2.